The van der Waals surface area contributed by atoms with Crippen molar-refractivity contribution >= 4 is 43.9 Å². The van der Waals surface area contributed by atoms with Crippen LogP contribution in [-0.2, 0) is 17.8 Å². The maximum absolute atomic E-state index is 12.8. The maximum Gasteiger partial charge on any atom is 0.270 e. The Morgan fingerprint density at radius 1 is 1.14 bits per heavy atom. The van der Waals surface area contributed by atoms with Gasteiger partial charge < -0.3 is 4.57 Å². The highest BCUT2D eigenvalue weighted by Crippen LogP contribution is 2.24. The number of aromatic nitrogens is 1. The van der Waals surface area contributed by atoms with Crippen LogP contribution in [0.3, 0.4) is 0 Å². The number of non-ortho nitro benzene ring substituents is 1. The molecule has 0 unspecified atom stereocenters. The zero-order valence-corrected chi connectivity index (χ0v) is 16.7. The number of benzene rings is 3. The lowest BCUT2D eigenvalue weighted by molar-refractivity contribution is -0.384. The topological polar surface area (TPSA) is 77.5 Å². The van der Waals surface area contributed by atoms with Gasteiger partial charge in [0, 0.05) is 18.7 Å². The van der Waals surface area contributed by atoms with Gasteiger partial charge in [-0.25, -0.2) is 0 Å². The Hall–Kier alpha value is -3.32. The Bertz CT molecular complexity index is 1300. The van der Waals surface area contributed by atoms with Gasteiger partial charge in [-0.05, 0) is 28.8 Å². The average Bonchev–Trinajstić information content (AvgIpc) is 3.04. The van der Waals surface area contributed by atoms with Gasteiger partial charge in [-0.3, -0.25) is 14.9 Å². The lowest BCUT2D eigenvalue weighted by atomic mass is 10.0. The highest BCUT2D eigenvalue weighted by molar-refractivity contribution is 7.16. The lowest BCUT2D eigenvalue weighted by Crippen LogP contribution is -2.17. The molecule has 7 heteroatoms. The van der Waals surface area contributed by atoms with Crippen LogP contribution >= 0.6 is 11.3 Å². The number of nitrogens with zero attached hydrogens (tertiary/aromatic N) is 3. The smallest absolute Gasteiger partial charge is 0.270 e. The average molecular weight is 405 g/mol. The summed E-state index contributed by atoms with van der Waals surface area (Å²) in [5.41, 5.74) is 1.84. The van der Waals surface area contributed by atoms with Crippen molar-refractivity contribution in [1.29, 1.82) is 0 Å². The zero-order chi connectivity index (χ0) is 20.4. The zero-order valence-electron chi connectivity index (χ0n) is 15.9. The van der Waals surface area contributed by atoms with Crippen molar-refractivity contribution in [2.24, 2.45) is 4.99 Å². The molecule has 0 aliphatic carbocycles. The van der Waals surface area contributed by atoms with Crippen LogP contribution in [0, 0.1) is 10.1 Å². The minimum atomic E-state index is -0.411. The predicted octanol–water partition coefficient (Wildman–Crippen LogP) is 4.84. The summed E-state index contributed by atoms with van der Waals surface area (Å²) in [6.45, 7) is 2.74. The molecule has 6 nitrogen and oxygen atoms in total. The van der Waals surface area contributed by atoms with Gasteiger partial charge >= 0.3 is 0 Å². The first-order valence-corrected chi connectivity index (χ1v) is 10.2. The summed E-state index contributed by atoms with van der Waals surface area (Å²) in [6, 6.07) is 18.6. The predicted molar refractivity (Wildman–Crippen MR) is 115 cm³/mol. The quantitative estimate of drug-likeness (QED) is 0.352. The lowest BCUT2D eigenvalue weighted by Gasteiger charge is -2.04. The molecule has 4 rings (SSSR count). The Labute approximate surface area is 170 Å². The number of nitro groups is 1. The van der Waals surface area contributed by atoms with Crippen molar-refractivity contribution in [3.63, 3.8) is 0 Å². The number of carbonyl (C=O) groups is 1. The first-order chi connectivity index (χ1) is 14.1. The Kier molecular flexibility index (Phi) is 5.22. The van der Waals surface area contributed by atoms with Gasteiger partial charge in [0.15, 0.2) is 4.80 Å². The maximum atomic E-state index is 12.8. The Balaban J connectivity index is 1.75. The molecule has 29 heavy (non-hydrogen) atoms. The molecule has 0 saturated heterocycles. The third kappa shape index (κ3) is 3.82. The van der Waals surface area contributed by atoms with Gasteiger partial charge in [-0.1, -0.05) is 60.7 Å². The second kappa shape index (κ2) is 7.97. The van der Waals surface area contributed by atoms with Crippen molar-refractivity contribution in [1.82, 2.24) is 4.57 Å². The van der Waals surface area contributed by atoms with Gasteiger partial charge in [0.05, 0.1) is 21.6 Å². The number of carbonyl (C=O) groups excluding carboxylic acids is 1. The number of fused-ring (bicyclic) bond motifs is 2. The molecule has 146 valence electrons. The van der Waals surface area contributed by atoms with E-state index >= 15 is 0 Å². The number of rotatable bonds is 5. The largest absolute Gasteiger partial charge is 0.316 e. The molecule has 0 aliphatic heterocycles. The number of thiazole rings is 1. The first kappa shape index (κ1) is 19.0. The fourth-order valence-electron chi connectivity index (χ4n) is 3.46. The van der Waals surface area contributed by atoms with Gasteiger partial charge in [0.2, 0.25) is 0 Å². The molecule has 0 bridgehead atoms. The van der Waals surface area contributed by atoms with E-state index in [4.69, 9.17) is 0 Å². The SMILES string of the molecule is CCCn1c(=NC(=O)Cc2cccc3ccccc23)sc2cc([N+](=O)[O-])ccc21. The molecular weight excluding hydrogens is 386 g/mol. The Morgan fingerprint density at radius 2 is 1.93 bits per heavy atom. The molecule has 1 amide bonds. The van der Waals surface area contributed by atoms with Crippen LogP contribution in [0.5, 0.6) is 0 Å². The molecule has 0 spiro atoms. The molecule has 1 aromatic heterocycles. The van der Waals surface area contributed by atoms with Crippen LogP contribution in [0.1, 0.15) is 18.9 Å². The molecule has 0 aliphatic rings. The molecule has 0 radical (unpaired) electrons. The third-order valence-electron chi connectivity index (χ3n) is 4.77. The van der Waals surface area contributed by atoms with Crippen LogP contribution in [0.4, 0.5) is 5.69 Å². The van der Waals surface area contributed by atoms with Crippen molar-refractivity contribution in [2.45, 2.75) is 26.3 Å². The normalized spacial score (nSPS) is 12.0. The Morgan fingerprint density at radius 3 is 2.72 bits per heavy atom. The van der Waals surface area contributed by atoms with E-state index < -0.39 is 4.92 Å². The molecule has 0 saturated carbocycles. The molecule has 0 N–H and O–H groups in total. The molecule has 1 heterocycles. The number of aryl methyl sites for hydroxylation is 1. The van der Waals surface area contributed by atoms with E-state index in [1.54, 1.807) is 12.1 Å². The van der Waals surface area contributed by atoms with Gasteiger partial charge in [0.25, 0.3) is 11.6 Å². The van der Waals surface area contributed by atoms with Gasteiger partial charge in [-0.15, -0.1) is 0 Å². The van der Waals surface area contributed by atoms with Crippen molar-refractivity contribution in [3.8, 4) is 0 Å². The summed E-state index contributed by atoms with van der Waals surface area (Å²) in [5, 5.41) is 13.2. The summed E-state index contributed by atoms with van der Waals surface area (Å²) >= 11 is 1.31. The number of hydrogen-bond donors (Lipinski definition) is 0. The minimum Gasteiger partial charge on any atom is -0.316 e. The van der Waals surface area contributed by atoms with Crippen LogP contribution in [0.2, 0.25) is 0 Å². The fraction of sp³-hybridized carbons (Fsp3) is 0.182. The first-order valence-electron chi connectivity index (χ1n) is 9.39. The van der Waals surface area contributed by atoms with Crippen molar-refractivity contribution in [3.05, 3.63) is 81.1 Å². The standard InChI is InChI=1S/C22H19N3O3S/c1-2-12-24-19-11-10-17(25(27)28)14-20(19)29-22(24)23-21(26)13-16-8-5-7-15-6-3-4-9-18(15)16/h3-11,14H,2,12-13H2,1H3. The van der Waals surface area contributed by atoms with Crippen LogP contribution in [0.25, 0.3) is 21.0 Å². The number of amides is 1. The molecule has 4 aromatic rings. The van der Waals surface area contributed by atoms with E-state index in [1.165, 1.54) is 17.4 Å². The summed E-state index contributed by atoms with van der Waals surface area (Å²) in [4.78, 5) is 28.4. The van der Waals surface area contributed by atoms with Crippen LogP contribution < -0.4 is 4.80 Å². The van der Waals surface area contributed by atoms with E-state index in [0.29, 0.717) is 11.3 Å². The second-order valence-electron chi connectivity index (χ2n) is 6.77. The summed E-state index contributed by atoms with van der Waals surface area (Å²) in [5.74, 6) is -0.229. The van der Waals surface area contributed by atoms with E-state index in [1.807, 2.05) is 54.0 Å². The third-order valence-corrected chi connectivity index (χ3v) is 5.81. The summed E-state index contributed by atoms with van der Waals surface area (Å²) < 4.78 is 2.72. The highest BCUT2D eigenvalue weighted by Gasteiger charge is 2.13. The highest BCUT2D eigenvalue weighted by atomic mass is 32.1. The molecule has 0 atom stereocenters. The summed E-state index contributed by atoms with van der Waals surface area (Å²) in [7, 11) is 0. The number of hydrogen-bond acceptors (Lipinski definition) is 4. The monoisotopic (exact) mass is 405 g/mol. The minimum absolute atomic E-state index is 0.0380. The summed E-state index contributed by atoms with van der Waals surface area (Å²) in [6.07, 6.45) is 1.08. The van der Waals surface area contributed by atoms with Crippen molar-refractivity contribution < 1.29 is 9.72 Å². The molecule has 0 fully saturated rings. The molecular formula is C22H19N3O3S. The van der Waals surface area contributed by atoms with Crippen molar-refractivity contribution in [2.75, 3.05) is 0 Å². The van der Waals surface area contributed by atoms with Crippen LogP contribution in [0.15, 0.2) is 65.7 Å². The second-order valence-corrected chi connectivity index (χ2v) is 7.78. The van der Waals surface area contributed by atoms with E-state index in [9.17, 15) is 14.9 Å². The van der Waals surface area contributed by atoms with Crippen LogP contribution in [-0.4, -0.2) is 15.4 Å². The molecule has 3 aromatic carbocycles. The van der Waals surface area contributed by atoms with E-state index in [0.717, 1.165) is 33.0 Å². The van der Waals surface area contributed by atoms with Gasteiger partial charge in [0.1, 0.15) is 0 Å². The van der Waals surface area contributed by atoms with E-state index in [2.05, 4.69) is 4.99 Å². The number of nitro benzene ring substituents is 1. The fourth-order valence-corrected chi connectivity index (χ4v) is 4.56. The van der Waals surface area contributed by atoms with E-state index in [-0.39, 0.29) is 18.0 Å². The van der Waals surface area contributed by atoms with Gasteiger partial charge in [-0.2, -0.15) is 4.99 Å².